The highest BCUT2D eigenvalue weighted by atomic mass is 16.5. The fourth-order valence-corrected chi connectivity index (χ4v) is 3.47. The lowest BCUT2D eigenvalue weighted by Gasteiger charge is -2.29. The van der Waals surface area contributed by atoms with Crippen LogP contribution in [0.4, 0.5) is 0 Å². The van der Waals surface area contributed by atoms with Crippen LogP contribution in [0.2, 0.25) is 0 Å². The summed E-state index contributed by atoms with van der Waals surface area (Å²) in [6.07, 6.45) is 7.79. The Labute approximate surface area is 128 Å². The number of amides is 1. The van der Waals surface area contributed by atoms with Gasteiger partial charge >= 0.3 is 0 Å². The van der Waals surface area contributed by atoms with Gasteiger partial charge in [0.15, 0.2) is 11.5 Å². The predicted molar refractivity (Wildman–Crippen MR) is 80.2 cm³/mol. The van der Waals surface area contributed by atoms with Gasteiger partial charge in [0.1, 0.15) is 0 Å². The molecule has 2 aromatic rings. The summed E-state index contributed by atoms with van der Waals surface area (Å²) < 4.78 is 5.26. The van der Waals surface area contributed by atoms with E-state index in [1.807, 2.05) is 12.1 Å². The number of nitrogens with one attached hydrogen (secondary N) is 2. The molecule has 2 atom stereocenters. The number of rotatable bonds is 3. The van der Waals surface area contributed by atoms with Gasteiger partial charge < -0.3 is 15.2 Å². The first-order valence-electron chi connectivity index (χ1n) is 7.72. The molecule has 2 fully saturated rings. The molecule has 0 spiro atoms. The van der Waals surface area contributed by atoms with Crippen LogP contribution in [0, 0.1) is 0 Å². The molecule has 1 amide bonds. The lowest BCUT2D eigenvalue weighted by Crippen LogP contribution is -2.48. The van der Waals surface area contributed by atoms with Gasteiger partial charge in [-0.3, -0.25) is 9.78 Å². The standard InChI is InChI=1S/C16H18N4O2/c21-16(19-13-7-11-1-2-12(8-13)18-11)14-9-15(22-20-14)10-3-5-17-6-4-10/h3-6,9,11-13,18H,1-2,7-8H2,(H,19,21). The number of hydrogen-bond acceptors (Lipinski definition) is 5. The van der Waals surface area contributed by atoms with Crippen LogP contribution in [0.3, 0.4) is 0 Å². The molecule has 4 rings (SSSR count). The number of pyridine rings is 1. The van der Waals surface area contributed by atoms with E-state index < -0.39 is 0 Å². The van der Waals surface area contributed by atoms with Crippen LogP contribution < -0.4 is 10.6 Å². The minimum absolute atomic E-state index is 0.157. The number of aromatic nitrogens is 2. The summed E-state index contributed by atoms with van der Waals surface area (Å²) in [4.78, 5) is 16.3. The Hall–Kier alpha value is -2.21. The van der Waals surface area contributed by atoms with Crippen LogP contribution >= 0.6 is 0 Å². The van der Waals surface area contributed by atoms with Gasteiger partial charge in [0.2, 0.25) is 0 Å². The first-order valence-corrected chi connectivity index (χ1v) is 7.72. The van der Waals surface area contributed by atoms with Crippen LogP contribution in [0.25, 0.3) is 11.3 Å². The minimum Gasteiger partial charge on any atom is -0.355 e. The number of nitrogens with zero attached hydrogens (tertiary/aromatic N) is 2. The van der Waals surface area contributed by atoms with Crippen LogP contribution in [-0.2, 0) is 0 Å². The SMILES string of the molecule is O=C(NC1CC2CCC(C1)N2)c1cc(-c2ccncc2)on1. The number of carbonyl (C=O) groups excluding carboxylic acids is 1. The Morgan fingerprint density at radius 3 is 2.68 bits per heavy atom. The van der Waals surface area contributed by atoms with Crippen molar-refractivity contribution in [2.24, 2.45) is 0 Å². The molecule has 114 valence electrons. The van der Waals surface area contributed by atoms with Crippen LogP contribution in [-0.4, -0.2) is 34.2 Å². The normalized spacial score (nSPS) is 26.8. The summed E-state index contributed by atoms with van der Waals surface area (Å²) in [6.45, 7) is 0. The molecule has 2 N–H and O–H groups in total. The molecule has 2 aliphatic rings. The largest absolute Gasteiger partial charge is 0.355 e. The fourth-order valence-electron chi connectivity index (χ4n) is 3.47. The maximum atomic E-state index is 12.3. The van der Waals surface area contributed by atoms with E-state index in [4.69, 9.17) is 4.52 Å². The summed E-state index contributed by atoms with van der Waals surface area (Å²) in [5.74, 6) is 0.424. The second-order valence-corrected chi connectivity index (χ2v) is 6.09. The molecule has 22 heavy (non-hydrogen) atoms. The zero-order valence-corrected chi connectivity index (χ0v) is 12.2. The Morgan fingerprint density at radius 1 is 1.23 bits per heavy atom. The molecule has 2 saturated heterocycles. The molecule has 2 aromatic heterocycles. The van der Waals surface area contributed by atoms with Gasteiger partial charge in [-0.15, -0.1) is 0 Å². The van der Waals surface area contributed by atoms with Crippen molar-refractivity contribution in [1.82, 2.24) is 20.8 Å². The van der Waals surface area contributed by atoms with Crippen LogP contribution in [0.1, 0.15) is 36.2 Å². The van der Waals surface area contributed by atoms with Crippen molar-refractivity contribution in [1.29, 1.82) is 0 Å². The molecule has 0 aliphatic carbocycles. The molecule has 6 nitrogen and oxygen atoms in total. The average Bonchev–Trinajstić information content (AvgIpc) is 3.15. The molecule has 2 aliphatic heterocycles. The first kappa shape index (κ1) is 13.5. The Kier molecular flexibility index (Phi) is 3.38. The van der Waals surface area contributed by atoms with Gasteiger partial charge in [0.05, 0.1) is 0 Å². The van der Waals surface area contributed by atoms with E-state index in [0.29, 0.717) is 23.5 Å². The smallest absolute Gasteiger partial charge is 0.273 e. The highest BCUT2D eigenvalue weighted by Crippen LogP contribution is 2.27. The maximum absolute atomic E-state index is 12.3. The Morgan fingerprint density at radius 2 is 1.95 bits per heavy atom. The van der Waals surface area contributed by atoms with Crippen molar-refractivity contribution in [3.63, 3.8) is 0 Å². The third kappa shape index (κ3) is 2.62. The van der Waals surface area contributed by atoms with E-state index >= 15 is 0 Å². The lowest BCUT2D eigenvalue weighted by molar-refractivity contribution is 0.0915. The first-order chi connectivity index (χ1) is 10.8. The Bertz CT molecular complexity index is 658. The van der Waals surface area contributed by atoms with Crippen molar-refractivity contribution >= 4 is 5.91 Å². The highest BCUT2D eigenvalue weighted by Gasteiger charge is 2.34. The second kappa shape index (κ2) is 5.53. The zero-order valence-electron chi connectivity index (χ0n) is 12.2. The molecule has 0 saturated carbocycles. The van der Waals surface area contributed by atoms with Crippen LogP contribution in [0.5, 0.6) is 0 Å². The lowest BCUT2D eigenvalue weighted by atomic mass is 10.00. The summed E-state index contributed by atoms with van der Waals surface area (Å²) in [7, 11) is 0. The van der Waals surface area contributed by atoms with Crippen molar-refractivity contribution in [3.05, 3.63) is 36.3 Å². The molecular formula is C16H18N4O2. The summed E-state index contributed by atoms with van der Waals surface area (Å²) in [6, 6.07) is 6.66. The molecule has 0 radical (unpaired) electrons. The quantitative estimate of drug-likeness (QED) is 0.902. The van der Waals surface area contributed by atoms with Crippen molar-refractivity contribution in [2.45, 2.75) is 43.8 Å². The third-order valence-electron chi connectivity index (χ3n) is 4.52. The van der Waals surface area contributed by atoms with E-state index in [0.717, 1.165) is 18.4 Å². The summed E-state index contributed by atoms with van der Waals surface area (Å²) in [5.41, 5.74) is 1.19. The van der Waals surface area contributed by atoms with E-state index in [1.165, 1.54) is 12.8 Å². The summed E-state index contributed by atoms with van der Waals surface area (Å²) >= 11 is 0. The highest BCUT2D eigenvalue weighted by molar-refractivity contribution is 5.93. The predicted octanol–water partition coefficient (Wildman–Crippen LogP) is 1.75. The van der Waals surface area contributed by atoms with Crippen LogP contribution in [0.15, 0.2) is 35.1 Å². The number of hydrogen-bond donors (Lipinski definition) is 2. The van der Waals surface area contributed by atoms with Gasteiger partial charge in [-0.05, 0) is 37.8 Å². The van der Waals surface area contributed by atoms with E-state index in [1.54, 1.807) is 18.5 Å². The molecular weight excluding hydrogens is 280 g/mol. The van der Waals surface area contributed by atoms with Crippen molar-refractivity contribution in [2.75, 3.05) is 0 Å². The number of piperidine rings is 1. The van der Waals surface area contributed by atoms with Gasteiger partial charge in [0.25, 0.3) is 5.91 Å². The second-order valence-electron chi connectivity index (χ2n) is 6.09. The topological polar surface area (TPSA) is 80.0 Å². The zero-order chi connectivity index (χ0) is 14.9. The van der Waals surface area contributed by atoms with E-state index in [2.05, 4.69) is 20.8 Å². The Balaban J connectivity index is 1.44. The fraction of sp³-hybridized carbons (Fsp3) is 0.438. The molecule has 4 heterocycles. The minimum atomic E-state index is -0.157. The molecule has 0 aromatic carbocycles. The molecule has 2 bridgehead atoms. The monoisotopic (exact) mass is 298 g/mol. The van der Waals surface area contributed by atoms with Crippen molar-refractivity contribution in [3.8, 4) is 11.3 Å². The van der Waals surface area contributed by atoms with Gasteiger partial charge in [-0.1, -0.05) is 5.16 Å². The van der Waals surface area contributed by atoms with Crippen molar-refractivity contribution < 1.29 is 9.32 Å². The molecule has 6 heteroatoms. The van der Waals surface area contributed by atoms with Gasteiger partial charge in [-0.2, -0.15) is 0 Å². The maximum Gasteiger partial charge on any atom is 0.273 e. The number of carbonyl (C=O) groups is 1. The number of fused-ring (bicyclic) bond motifs is 2. The van der Waals surface area contributed by atoms with Gasteiger partial charge in [-0.25, -0.2) is 0 Å². The van der Waals surface area contributed by atoms with E-state index in [9.17, 15) is 4.79 Å². The molecule has 2 unspecified atom stereocenters. The third-order valence-corrected chi connectivity index (χ3v) is 4.52. The summed E-state index contributed by atoms with van der Waals surface area (Å²) in [5, 5.41) is 10.5. The van der Waals surface area contributed by atoms with Gasteiger partial charge in [0, 0.05) is 42.1 Å². The average molecular weight is 298 g/mol. The van der Waals surface area contributed by atoms with E-state index in [-0.39, 0.29) is 11.9 Å².